The van der Waals surface area contributed by atoms with Gasteiger partial charge in [0.05, 0.1) is 5.56 Å². The van der Waals surface area contributed by atoms with Gasteiger partial charge < -0.3 is 4.84 Å². The molecule has 32 heavy (non-hydrogen) atoms. The molecule has 0 saturated heterocycles. The van der Waals surface area contributed by atoms with Crippen LogP contribution in [0.25, 0.3) is 0 Å². The van der Waals surface area contributed by atoms with Crippen molar-refractivity contribution in [1.29, 1.82) is 0 Å². The maximum Gasteiger partial charge on any atom is 0.362 e. The van der Waals surface area contributed by atoms with Crippen molar-refractivity contribution in [1.82, 2.24) is 5.48 Å². The van der Waals surface area contributed by atoms with Crippen molar-refractivity contribution >= 4 is 23.5 Å². The van der Waals surface area contributed by atoms with E-state index < -0.39 is 5.97 Å². The predicted molar refractivity (Wildman–Crippen MR) is 129 cm³/mol. The molecule has 0 aromatic heterocycles. The molecule has 0 atom stereocenters. The topological polar surface area (TPSA) is 55.4 Å². The van der Waals surface area contributed by atoms with Crippen LogP contribution >= 0.6 is 11.8 Å². The van der Waals surface area contributed by atoms with Crippen molar-refractivity contribution in [3.8, 4) is 0 Å². The van der Waals surface area contributed by atoms with E-state index in [1.54, 1.807) is 48.2 Å². The average Bonchev–Trinajstić information content (AvgIpc) is 2.84. The van der Waals surface area contributed by atoms with Gasteiger partial charge in [-0.1, -0.05) is 74.0 Å². The molecule has 0 aliphatic carbocycles. The molecule has 0 fully saturated rings. The SMILES string of the molecule is CCCCCC=C(NOC(=O)c1ccccc1)C(=O)c1ccc(Sc2ccccc2)cc1. The average molecular weight is 446 g/mol. The van der Waals surface area contributed by atoms with Crippen molar-refractivity contribution in [2.24, 2.45) is 0 Å². The van der Waals surface area contributed by atoms with Crippen LogP contribution in [0.4, 0.5) is 0 Å². The molecule has 3 aromatic carbocycles. The molecule has 164 valence electrons. The molecule has 0 aliphatic rings. The summed E-state index contributed by atoms with van der Waals surface area (Å²) in [7, 11) is 0. The Morgan fingerprint density at radius 2 is 1.44 bits per heavy atom. The monoisotopic (exact) mass is 445 g/mol. The van der Waals surface area contributed by atoms with Crippen LogP contribution in [0.3, 0.4) is 0 Å². The summed E-state index contributed by atoms with van der Waals surface area (Å²) in [6.45, 7) is 2.13. The zero-order valence-corrected chi connectivity index (χ0v) is 18.9. The van der Waals surface area contributed by atoms with Gasteiger partial charge in [0.15, 0.2) is 0 Å². The van der Waals surface area contributed by atoms with Gasteiger partial charge in [0.1, 0.15) is 5.70 Å². The highest BCUT2D eigenvalue weighted by Gasteiger charge is 2.15. The molecule has 4 nitrogen and oxygen atoms in total. The number of ketones is 1. The Hall–Kier alpha value is -3.31. The summed E-state index contributed by atoms with van der Waals surface area (Å²) >= 11 is 1.64. The Labute approximate surface area is 193 Å². The van der Waals surface area contributed by atoms with E-state index in [1.165, 1.54) is 0 Å². The van der Waals surface area contributed by atoms with E-state index in [9.17, 15) is 9.59 Å². The van der Waals surface area contributed by atoms with Gasteiger partial charge in [0.2, 0.25) is 5.78 Å². The van der Waals surface area contributed by atoms with E-state index in [2.05, 4.69) is 12.4 Å². The van der Waals surface area contributed by atoms with Crippen LogP contribution in [-0.4, -0.2) is 11.8 Å². The summed E-state index contributed by atoms with van der Waals surface area (Å²) in [6.07, 6.45) is 5.67. The minimum atomic E-state index is -0.535. The highest BCUT2D eigenvalue weighted by atomic mass is 32.2. The zero-order chi connectivity index (χ0) is 22.6. The first-order valence-corrected chi connectivity index (χ1v) is 11.6. The maximum atomic E-state index is 13.1. The van der Waals surface area contributed by atoms with Gasteiger partial charge in [-0.2, -0.15) is 0 Å². The summed E-state index contributed by atoms with van der Waals surface area (Å²) in [6, 6.07) is 26.2. The number of benzene rings is 3. The second kappa shape index (κ2) is 12.5. The van der Waals surface area contributed by atoms with E-state index in [4.69, 9.17) is 4.84 Å². The molecule has 0 amide bonds. The standard InChI is InChI=1S/C27H27NO3S/c1-2-3-4-11-16-25(28-31-27(30)22-12-7-5-8-13-22)26(29)21-17-19-24(20-18-21)32-23-14-9-6-10-15-23/h5-10,12-20,28H,2-4,11H2,1H3. The predicted octanol–water partition coefficient (Wildman–Crippen LogP) is 6.85. The van der Waals surface area contributed by atoms with Gasteiger partial charge in [-0.25, -0.2) is 10.3 Å². The van der Waals surface area contributed by atoms with Crippen molar-refractivity contribution in [3.05, 3.63) is 108 Å². The Morgan fingerprint density at radius 1 is 0.812 bits per heavy atom. The highest BCUT2D eigenvalue weighted by molar-refractivity contribution is 7.99. The number of carbonyl (C=O) groups excluding carboxylic acids is 2. The molecule has 0 spiro atoms. The summed E-state index contributed by atoms with van der Waals surface area (Å²) in [5, 5.41) is 0. The molecule has 3 rings (SSSR count). The third-order valence-electron chi connectivity index (χ3n) is 4.76. The van der Waals surface area contributed by atoms with Crippen LogP contribution in [0.5, 0.6) is 0 Å². The second-order valence-corrected chi connectivity index (χ2v) is 8.39. The van der Waals surface area contributed by atoms with Gasteiger partial charge in [0.25, 0.3) is 0 Å². The van der Waals surface area contributed by atoms with Crippen molar-refractivity contribution in [2.75, 3.05) is 0 Å². The van der Waals surface area contributed by atoms with E-state index in [-0.39, 0.29) is 11.5 Å². The first-order valence-electron chi connectivity index (χ1n) is 10.8. The summed E-state index contributed by atoms with van der Waals surface area (Å²) in [5.74, 6) is -0.744. The molecule has 0 bridgehead atoms. The number of rotatable bonds is 11. The van der Waals surface area contributed by atoms with E-state index in [1.807, 2.05) is 54.6 Å². The molecule has 1 N–H and O–H groups in total. The molecule has 3 aromatic rings. The largest absolute Gasteiger partial charge is 0.362 e. The smallest absolute Gasteiger partial charge is 0.338 e. The van der Waals surface area contributed by atoms with Crippen LogP contribution < -0.4 is 5.48 Å². The quantitative estimate of drug-likeness (QED) is 0.151. The lowest BCUT2D eigenvalue weighted by atomic mass is 10.1. The van der Waals surface area contributed by atoms with Crippen LogP contribution in [0.2, 0.25) is 0 Å². The van der Waals surface area contributed by atoms with E-state index >= 15 is 0 Å². The van der Waals surface area contributed by atoms with Gasteiger partial charge >= 0.3 is 5.97 Å². The normalized spacial score (nSPS) is 11.1. The second-order valence-electron chi connectivity index (χ2n) is 7.24. The van der Waals surface area contributed by atoms with Crippen LogP contribution in [0, 0.1) is 0 Å². The maximum absolute atomic E-state index is 13.1. The van der Waals surface area contributed by atoms with Crippen molar-refractivity contribution < 1.29 is 14.4 Å². The lowest BCUT2D eigenvalue weighted by molar-refractivity contribution is 0.0320. The van der Waals surface area contributed by atoms with Crippen LogP contribution in [0.1, 0.15) is 53.3 Å². The Kier molecular flexibility index (Phi) is 9.14. The molecular weight excluding hydrogens is 418 g/mol. The molecular formula is C27H27NO3S. The van der Waals surface area contributed by atoms with Gasteiger partial charge in [0, 0.05) is 15.4 Å². The molecule has 0 heterocycles. The minimum Gasteiger partial charge on any atom is -0.338 e. The number of hydrogen-bond donors (Lipinski definition) is 1. The van der Waals surface area contributed by atoms with E-state index in [0.29, 0.717) is 11.1 Å². The fraction of sp³-hybridized carbons (Fsp3) is 0.185. The zero-order valence-electron chi connectivity index (χ0n) is 18.1. The Balaban J connectivity index is 1.68. The summed E-state index contributed by atoms with van der Waals surface area (Å²) in [5.41, 5.74) is 3.83. The van der Waals surface area contributed by atoms with Gasteiger partial charge in [-0.15, -0.1) is 0 Å². The molecule has 0 radical (unpaired) electrons. The third-order valence-corrected chi connectivity index (χ3v) is 5.78. The molecule has 0 unspecified atom stereocenters. The fourth-order valence-electron chi connectivity index (χ4n) is 3.01. The number of hydrogen-bond acceptors (Lipinski definition) is 5. The molecule has 0 aliphatic heterocycles. The van der Waals surface area contributed by atoms with Crippen molar-refractivity contribution in [2.45, 2.75) is 42.4 Å². The number of unbranched alkanes of at least 4 members (excludes halogenated alkanes) is 3. The summed E-state index contributed by atoms with van der Waals surface area (Å²) in [4.78, 5) is 32.8. The molecule has 0 saturated carbocycles. The number of allylic oxidation sites excluding steroid dienone is 2. The minimum absolute atomic E-state index is 0.210. The van der Waals surface area contributed by atoms with Gasteiger partial charge in [-0.3, -0.25) is 4.79 Å². The number of nitrogens with one attached hydrogen (secondary N) is 1. The Morgan fingerprint density at radius 3 is 2.09 bits per heavy atom. The first-order chi connectivity index (χ1) is 15.7. The number of hydroxylamine groups is 1. The van der Waals surface area contributed by atoms with Crippen molar-refractivity contribution in [3.63, 3.8) is 0 Å². The summed E-state index contributed by atoms with van der Waals surface area (Å²) < 4.78 is 0. The number of carbonyl (C=O) groups is 2. The fourth-order valence-corrected chi connectivity index (χ4v) is 3.85. The van der Waals surface area contributed by atoms with Crippen LogP contribution in [-0.2, 0) is 4.84 Å². The lowest BCUT2D eigenvalue weighted by Crippen LogP contribution is -2.24. The third kappa shape index (κ3) is 7.13. The lowest BCUT2D eigenvalue weighted by Gasteiger charge is -2.11. The Bertz CT molecular complexity index is 1030. The first kappa shape index (κ1) is 23.4. The highest BCUT2D eigenvalue weighted by Crippen LogP contribution is 2.27. The van der Waals surface area contributed by atoms with Crippen LogP contribution in [0.15, 0.2) is 106 Å². The van der Waals surface area contributed by atoms with E-state index in [0.717, 1.165) is 35.5 Å². The number of Topliss-reactive ketones (excluding diaryl/α,β-unsaturated/α-hetero) is 1. The van der Waals surface area contributed by atoms with Gasteiger partial charge in [-0.05, 0) is 61.4 Å². The molecule has 5 heteroatoms.